The number of carbonyl (C=O) groups excluding carboxylic acids is 1. The van der Waals surface area contributed by atoms with Crippen molar-refractivity contribution >= 4 is 33.5 Å². The molecule has 1 heterocycles. The minimum atomic E-state index is 0.0482. The lowest BCUT2D eigenvalue weighted by atomic mass is 10.2. The van der Waals surface area contributed by atoms with Gasteiger partial charge in [-0.3, -0.25) is 4.79 Å². The maximum absolute atomic E-state index is 11.3. The molecule has 0 radical (unpaired) electrons. The van der Waals surface area contributed by atoms with Gasteiger partial charge in [0.2, 0.25) is 0 Å². The maximum atomic E-state index is 11.3. The summed E-state index contributed by atoms with van der Waals surface area (Å²) >= 11 is 4.90. The van der Waals surface area contributed by atoms with Crippen LogP contribution < -0.4 is 0 Å². The smallest absolute Gasteiger partial charge is 0.195 e. The van der Waals surface area contributed by atoms with Gasteiger partial charge in [0.15, 0.2) is 10.9 Å². The second kappa shape index (κ2) is 5.01. The number of rotatable bonds is 3. The van der Waals surface area contributed by atoms with E-state index < -0.39 is 0 Å². The van der Waals surface area contributed by atoms with Crippen molar-refractivity contribution < 1.29 is 4.79 Å². The van der Waals surface area contributed by atoms with Gasteiger partial charge in [-0.25, -0.2) is 0 Å². The molecular formula is C11H10BrN3OS. The molecule has 1 aromatic carbocycles. The van der Waals surface area contributed by atoms with Crippen molar-refractivity contribution in [3.05, 3.63) is 34.6 Å². The summed E-state index contributed by atoms with van der Waals surface area (Å²) in [5, 5.41) is 8.62. The van der Waals surface area contributed by atoms with E-state index in [1.54, 1.807) is 13.3 Å². The Bertz CT molecular complexity index is 568. The average Bonchev–Trinajstić information content (AvgIpc) is 2.64. The van der Waals surface area contributed by atoms with Gasteiger partial charge in [-0.2, -0.15) is 0 Å². The molecule has 0 aliphatic carbocycles. The van der Waals surface area contributed by atoms with Crippen molar-refractivity contribution in [2.45, 2.75) is 17.0 Å². The normalized spacial score (nSPS) is 10.5. The summed E-state index contributed by atoms with van der Waals surface area (Å²) in [6.45, 7) is 1.55. The van der Waals surface area contributed by atoms with Crippen LogP contribution in [-0.4, -0.2) is 20.5 Å². The van der Waals surface area contributed by atoms with Crippen LogP contribution in [0.5, 0.6) is 0 Å². The van der Waals surface area contributed by atoms with Crippen LogP contribution in [0.2, 0.25) is 0 Å². The van der Waals surface area contributed by atoms with Crippen molar-refractivity contribution in [2.75, 3.05) is 0 Å². The maximum Gasteiger partial charge on any atom is 0.195 e. The van der Waals surface area contributed by atoms with Crippen molar-refractivity contribution in [3.8, 4) is 0 Å². The van der Waals surface area contributed by atoms with E-state index in [0.717, 1.165) is 14.5 Å². The predicted octanol–water partition coefficient (Wildman–Crippen LogP) is 2.93. The van der Waals surface area contributed by atoms with Crippen LogP contribution in [0.1, 0.15) is 17.3 Å². The number of aryl methyl sites for hydroxylation is 1. The van der Waals surface area contributed by atoms with E-state index in [9.17, 15) is 4.79 Å². The third-order valence-corrected chi connectivity index (χ3v) is 3.90. The molecule has 0 amide bonds. The van der Waals surface area contributed by atoms with Crippen LogP contribution in [0.4, 0.5) is 0 Å². The average molecular weight is 312 g/mol. The lowest BCUT2D eigenvalue weighted by Crippen LogP contribution is -1.94. The Kier molecular flexibility index (Phi) is 3.63. The largest absolute Gasteiger partial charge is 0.311 e. The molecule has 4 nitrogen and oxygen atoms in total. The molecule has 1 aromatic heterocycles. The molecule has 0 saturated heterocycles. The summed E-state index contributed by atoms with van der Waals surface area (Å²) in [7, 11) is 1.89. The number of halogens is 1. The van der Waals surface area contributed by atoms with Gasteiger partial charge < -0.3 is 4.57 Å². The van der Waals surface area contributed by atoms with Gasteiger partial charge >= 0.3 is 0 Å². The highest BCUT2D eigenvalue weighted by atomic mass is 79.9. The Morgan fingerprint density at radius 1 is 1.47 bits per heavy atom. The predicted molar refractivity (Wildman–Crippen MR) is 69.3 cm³/mol. The highest BCUT2D eigenvalue weighted by Gasteiger charge is 2.08. The molecule has 0 unspecified atom stereocenters. The minimum Gasteiger partial charge on any atom is -0.311 e. The SMILES string of the molecule is CC(=O)c1ccc(Sc2nncn2C)cc1Br. The Morgan fingerprint density at radius 2 is 2.24 bits per heavy atom. The molecule has 0 bridgehead atoms. The van der Waals surface area contributed by atoms with E-state index >= 15 is 0 Å². The monoisotopic (exact) mass is 311 g/mol. The highest BCUT2D eigenvalue weighted by molar-refractivity contribution is 9.10. The molecule has 2 aromatic rings. The van der Waals surface area contributed by atoms with Gasteiger partial charge in [-0.15, -0.1) is 10.2 Å². The van der Waals surface area contributed by atoms with Gasteiger partial charge in [0.1, 0.15) is 6.33 Å². The van der Waals surface area contributed by atoms with Gasteiger partial charge in [-0.1, -0.05) is 15.9 Å². The van der Waals surface area contributed by atoms with E-state index in [1.807, 2.05) is 29.8 Å². The molecule has 0 aliphatic rings. The zero-order valence-corrected chi connectivity index (χ0v) is 11.7. The molecule has 17 heavy (non-hydrogen) atoms. The first kappa shape index (κ1) is 12.3. The first-order valence-electron chi connectivity index (χ1n) is 4.90. The Balaban J connectivity index is 2.27. The number of hydrogen-bond acceptors (Lipinski definition) is 4. The molecule has 6 heteroatoms. The third kappa shape index (κ3) is 2.76. The second-order valence-corrected chi connectivity index (χ2v) is 5.42. The molecular weight excluding hydrogens is 302 g/mol. The number of ketones is 1. The Morgan fingerprint density at radius 3 is 2.76 bits per heavy atom. The summed E-state index contributed by atoms with van der Waals surface area (Å²) < 4.78 is 2.65. The molecule has 0 N–H and O–H groups in total. The Hall–Kier alpha value is -1.14. The van der Waals surface area contributed by atoms with Crippen molar-refractivity contribution in [1.82, 2.24) is 14.8 Å². The van der Waals surface area contributed by atoms with E-state index in [0.29, 0.717) is 5.56 Å². The standard InChI is InChI=1S/C11H10BrN3OS/c1-7(16)9-4-3-8(5-10(9)12)17-11-14-13-6-15(11)2/h3-6H,1-2H3. The molecule has 0 saturated carbocycles. The summed E-state index contributed by atoms with van der Waals surface area (Å²) in [5.41, 5.74) is 0.687. The van der Waals surface area contributed by atoms with Crippen LogP contribution >= 0.6 is 27.7 Å². The first-order valence-corrected chi connectivity index (χ1v) is 6.51. The summed E-state index contributed by atoms with van der Waals surface area (Å²) in [6, 6.07) is 5.63. The fourth-order valence-electron chi connectivity index (χ4n) is 1.32. The van der Waals surface area contributed by atoms with E-state index in [2.05, 4.69) is 26.1 Å². The fraction of sp³-hybridized carbons (Fsp3) is 0.182. The van der Waals surface area contributed by atoms with Gasteiger partial charge in [0.25, 0.3) is 0 Å². The molecule has 2 rings (SSSR count). The summed E-state index contributed by atoms with van der Waals surface area (Å²) in [4.78, 5) is 12.3. The van der Waals surface area contributed by atoms with E-state index in [4.69, 9.17) is 0 Å². The summed E-state index contributed by atoms with van der Waals surface area (Å²) in [6.07, 6.45) is 1.65. The van der Waals surface area contributed by atoms with Crippen LogP contribution in [0.25, 0.3) is 0 Å². The van der Waals surface area contributed by atoms with Gasteiger partial charge in [0.05, 0.1) is 0 Å². The molecule has 0 aliphatic heterocycles. The lowest BCUT2D eigenvalue weighted by Gasteiger charge is -2.04. The molecule has 0 fully saturated rings. The van der Waals surface area contributed by atoms with Crippen LogP contribution in [0.3, 0.4) is 0 Å². The number of Topliss-reactive ketones (excluding diaryl/α,β-unsaturated/α-hetero) is 1. The number of aromatic nitrogens is 3. The second-order valence-electron chi connectivity index (χ2n) is 3.52. The number of carbonyl (C=O) groups is 1. The van der Waals surface area contributed by atoms with E-state index in [1.165, 1.54) is 11.8 Å². The van der Waals surface area contributed by atoms with Crippen molar-refractivity contribution in [3.63, 3.8) is 0 Å². The van der Waals surface area contributed by atoms with Gasteiger partial charge in [0, 0.05) is 22.0 Å². The Labute approximate surface area is 112 Å². The lowest BCUT2D eigenvalue weighted by molar-refractivity contribution is 0.101. The molecule has 0 spiro atoms. The van der Waals surface area contributed by atoms with Gasteiger partial charge in [-0.05, 0) is 36.9 Å². The number of hydrogen-bond donors (Lipinski definition) is 0. The third-order valence-electron chi connectivity index (χ3n) is 2.20. The number of benzene rings is 1. The molecule has 88 valence electrons. The van der Waals surface area contributed by atoms with Crippen molar-refractivity contribution in [2.24, 2.45) is 7.05 Å². The minimum absolute atomic E-state index is 0.0482. The zero-order valence-electron chi connectivity index (χ0n) is 9.35. The number of nitrogens with zero attached hydrogens (tertiary/aromatic N) is 3. The van der Waals surface area contributed by atoms with E-state index in [-0.39, 0.29) is 5.78 Å². The first-order chi connectivity index (χ1) is 8.08. The quantitative estimate of drug-likeness (QED) is 0.818. The topological polar surface area (TPSA) is 47.8 Å². The van der Waals surface area contributed by atoms with Crippen LogP contribution in [0, 0.1) is 0 Å². The van der Waals surface area contributed by atoms with Crippen LogP contribution in [-0.2, 0) is 7.05 Å². The highest BCUT2D eigenvalue weighted by Crippen LogP contribution is 2.29. The van der Waals surface area contributed by atoms with Crippen molar-refractivity contribution in [1.29, 1.82) is 0 Å². The summed E-state index contributed by atoms with van der Waals surface area (Å²) in [5.74, 6) is 0.0482. The zero-order chi connectivity index (χ0) is 12.4. The fourth-order valence-corrected chi connectivity index (χ4v) is 2.93. The molecule has 0 atom stereocenters. The van der Waals surface area contributed by atoms with Crippen LogP contribution in [0.15, 0.2) is 39.1 Å².